The molecule has 0 unspecified atom stereocenters. The Kier molecular flexibility index (Phi) is 5.73. The third kappa shape index (κ3) is 3.47. The SMILES string of the molecule is C[C@@H]([C@@H]1CCCN1C)n1nc(C(N)=O)c2cnc(-c3noc4c3CCC[C@@]43CCCc4sc(N)c(C#N)c43)nc21. The molecule has 0 bridgehead atoms. The Morgan fingerprint density at radius 3 is 2.83 bits per heavy atom. The number of thiophene rings is 1. The summed E-state index contributed by atoms with van der Waals surface area (Å²) in [5.41, 5.74) is 15.5. The molecule has 1 spiro atoms. The number of amides is 1. The molecule has 1 fully saturated rings. The van der Waals surface area contributed by atoms with Gasteiger partial charge in [-0.15, -0.1) is 11.3 Å². The summed E-state index contributed by atoms with van der Waals surface area (Å²) in [4.78, 5) is 25.3. The molecule has 0 aromatic carbocycles. The van der Waals surface area contributed by atoms with Crippen molar-refractivity contribution < 1.29 is 9.32 Å². The Balaban J connectivity index is 1.37. The van der Waals surface area contributed by atoms with E-state index in [1.807, 2.05) is 4.68 Å². The molecule has 4 aromatic heterocycles. The van der Waals surface area contributed by atoms with E-state index in [2.05, 4.69) is 40.2 Å². The second-order valence-electron chi connectivity index (χ2n) is 11.4. The van der Waals surface area contributed by atoms with E-state index in [1.54, 1.807) is 6.20 Å². The lowest BCUT2D eigenvalue weighted by molar-refractivity contribution is 0.0995. The number of rotatable bonds is 4. The minimum Gasteiger partial charge on any atom is -0.389 e. The Labute approximate surface area is 235 Å². The zero-order valence-corrected chi connectivity index (χ0v) is 23.4. The molecule has 0 saturated carbocycles. The molecule has 40 heavy (non-hydrogen) atoms. The van der Waals surface area contributed by atoms with E-state index in [9.17, 15) is 10.1 Å². The second-order valence-corrected chi connectivity index (χ2v) is 12.5. The highest BCUT2D eigenvalue weighted by Gasteiger charge is 2.48. The fourth-order valence-electron chi connectivity index (χ4n) is 7.43. The molecule has 12 heteroatoms. The molecule has 0 radical (unpaired) electrons. The third-order valence-electron chi connectivity index (χ3n) is 9.27. The van der Waals surface area contributed by atoms with Crippen molar-refractivity contribution in [2.75, 3.05) is 19.3 Å². The van der Waals surface area contributed by atoms with Crippen LogP contribution in [0, 0.1) is 11.3 Å². The molecule has 2 aliphatic carbocycles. The fourth-order valence-corrected chi connectivity index (χ4v) is 8.59. The van der Waals surface area contributed by atoms with Crippen molar-refractivity contribution in [1.82, 2.24) is 29.8 Å². The average molecular weight is 558 g/mol. The van der Waals surface area contributed by atoms with Crippen LogP contribution in [0.25, 0.3) is 22.6 Å². The second kappa shape index (κ2) is 9.11. The van der Waals surface area contributed by atoms with Crippen LogP contribution in [0.15, 0.2) is 10.7 Å². The molecule has 206 valence electrons. The van der Waals surface area contributed by atoms with Crippen LogP contribution in [0.5, 0.6) is 0 Å². The number of anilines is 1. The molecule has 1 saturated heterocycles. The summed E-state index contributed by atoms with van der Waals surface area (Å²) in [5, 5.41) is 20.2. The maximum Gasteiger partial charge on any atom is 0.269 e. The van der Waals surface area contributed by atoms with E-state index in [1.165, 1.54) is 16.2 Å². The molecule has 4 aromatic rings. The number of nitrogens with two attached hydrogens (primary N) is 2. The van der Waals surface area contributed by atoms with Crippen LogP contribution in [0.4, 0.5) is 5.00 Å². The van der Waals surface area contributed by atoms with Gasteiger partial charge in [-0.2, -0.15) is 10.4 Å². The van der Waals surface area contributed by atoms with Crippen LogP contribution in [0.1, 0.15) is 89.3 Å². The molecule has 7 rings (SSSR count). The van der Waals surface area contributed by atoms with Crippen molar-refractivity contribution in [2.45, 2.75) is 75.8 Å². The lowest BCUT2D eigenvalue weighted by Gasteiger charge is -2.39. The lowest BCUT2D eigenvalue weighted by Crippen LogP contribution is -2.35. The highest BCUT2D eigenvalue weighted by molar-refractivity contribution is 7.16. The van der Waals surface area contributed by atoms with Gasteiger partial charge in [0, 0.05) is 22.7 Å². The van der Waals surface area contributed by atoms with Gasteiger partial charge in [-0.1, -0.05) is 5.16 Å². The number of primary amides is 1. The highest BCUT2D eigenvalue weighted by atomic mass is 32.1. The van der Waals surface area contributed by atoms with Gasteiger partial charge in [0.05, 0.1) is 22.4 Å². The zero-order valence-electron chi connectivity index (χ0n) is 22.6. The van der Waals surface area contributed by atoms with Gasteiger partial charge < -0.3 is 20.9 Å². The van der Waals surface area contributed by atoms with Crippen molar-refractivity contribution in [2.24, 2.45) is 5.73 Å². The van der Waals surface area contributed by atoms with Crippen molar-refractivity contribution in [3.05, 3.63) is 39.2 Å². The van der Waals surface area contributed by atoms with Gasteiger partial charge in [0.1, 0.15) is 11.1 Å². The van der Waals surface area contributed by atoms with Crippen molar-refractivity contribution >= 4 is 33.3 Å². The van der Waals surface area contributed by atoms with Crippen molar-refractivity contribution in [3.63, 3.8) is 0 Å². The summed E-state index contributed by atoms with van der Waals surface area (Å²) in [6.45, 7) is 3.13. The van der Waals surface area contributed by atoms with E-state index in [0.717, 1.165) is 74.8 Å². The molecule has 3 atom stereocenters. The van der Waals surface area contributed by atoms with Gasteiger partial charge in [0.2, 0.25) is 0 Å². The van der Waals surface area contributed by atoms with Gasteiger partial charge in [0.25, 0.3) is 5.91 Å². The zero-order chi connectivity index (χ0) is 27.8. The number of hydrogen-bond acceptors (Lipinski definition) is 10. The summed E-state index contributed by atoms with van der Waals surface area (Å²) in [7, 11) is 2.11. The number of fused-ring (bicyclic) bond motifs is 5. The third-order valence-corrected chi connectivity index (χ3v) is 10.4. The fraction of sp³-hybridized carbons (Fsp3) is 0.500. The molecular formula is C28H31N9O2S. The highest BCUT2D eigenvalue weighted by Crippen LogP contribution is 2.55. The van der Waals surface area contributed by atoms with Crippen molar-refractivity contribution in [1.29, 1.82) is 5.26 Å². The smallest absolute Gasteiger partial charge is 0.269 e. The monoisotopic (exact) mass is 557 g/mol. The number of nitrogens with zero attached hydrogens (tertiary/aromatic N) is 7. The predicted molar refractivity (Wildman–Crippen MR) is 150 cm³/mol. The van der Waals surface area contributed by atoms with Gasteiger partial charge in [-0.3, -0.25) is 4.79 Å². The Hall–Kier alpha value is -3.82. The van der Waals surface area contributed by atoms with Gasteiger partial charge >= 0.3 is 0 Å². The summed E-state index contributed by atoms with van der Waals surface area (Å²) >= 11 is 1.53. The Morgan fingerprint density at radius 2 is 2.10 bits per heavy atom. The topological polar surface area (TPSA) is 166 Å². The first-order valence-electron chi connectivity index (χ1n) is 13.9. The number of likely N-dealkylation sites (N-methyl/N-ethyl adjacent to an activating group) is 1. The quantitative estimate of drug-likeness (QED) is 0.380. The number of nitrogen functional groups attached to an aromatic ring is 1. The Morgan fingerprint density at radius 1 is 1.30 bits per heavy atom. The minimum absolute atomic E-state index is 0.0190. The lowest BCUT2D eigenvalue weighted by atomic mass is 9.63. The summed E-state index contributed by atoms with van der Waals surface area (Å²) < 4.78 is 7.97. The summed E-state index contributed by atoms with van der Waals surface area (Å²) in [6, 6.07) is 2.62. The normalized spacial score (nSPS) is 23.3. The molecule has 4 N–H and O–H groups in total. The standard InChI is InChI=1S/C28H31N9O2S/c1-14(18-7-5-11-36(18)2)37-27-17(21(34-37)24(30)38)13-32-26(33-27)22-15-6-3-9-28(23(15)39-35-22)10-4-8-19-20(28)16(12-29)25(31)40-19/h13-14,18H,3-11,31H2,1-2H3,(H2,30,38)/t14-,18-,28-/m0/s1. The molecule has 1 aliphatic heterocycles. The van der Waals surface area contributed by atoms with Crippen LogP contribution in [0.2, 0.25) is 0 Å². The van der Waals surface area contributed by atoms with Gasteiger partial charge in [-0.05, 0) is 77.4 Å². The maximum atomic E-state index is 12.3. The molecule has 3 aliphatic rings. The largest absolute Gasteiger partial charge is 0.389 e. The maximum absolute atomic E-state index is 12.3. The van der Waals surface area contributed by atoms with Crippen molar-refractivity contribution in [3.8, 4) is 17.6 Å². The van der Waals surface area contributed by atoms with Gasteiger partial charge in [0.15, 0.2) is 28.6 Å². The summed E-state index contributed by atoms with van der Waals surface area (Å²) in [5.74, 6) is 0.629. The first-order valence-corrected chi connectivity index (χ1v) is 14.7. The van der Waals surface area contributed by atoms with Gasteiger partial charge in [-0.25, -0.2) is 14.6 Å². The van der Waals surface area contributed by atoms with E-state index in [-0.39, 0.29) is 17.8 Å². The van der Waals surface area contributed by atoms with E-state index < -0.39 is 11.3 Å². The first-order chi connectivity index (χ1) is 19.3. The molecule has 5 heterocycles. The number of likely N-dealkylation sites (tertiary alicyclic amines) is 1. The van der Waals surface area contributed by atoms with Crippen LogP contribution >= 0.6 is 11.3 Å². The average Bonchev–Trinajstić information content (AvgIpc) is 3.72. The van der Waals surface area contributed by atoms with Crippen LogP contribution < -0.4 is 11.5 Å². The summed E-state index contributed by atoms with van der Waals surface area (Å²) in [6.07, 6.45) is 9.18. The van der Waals surface area contributed by atoms with E-state index in [4.69, 9.17) is 21.0 Å². The van der Waals surface area contributed by atoms with E-state index in [0.29, 0.717) is 33.1 Å². The number of aryl methyl sites for hydroxylation is 1. The number of carbonyl (C=O) groups is 1. The predicted octanol–water partition coefficient (Wildman–Crippen LogP) is 3.71. The van der Waals surface area contributed by atoms with E-state index >= 15 is 0 Å². The Bertz CT molecular complexity index is 1710. The number of hydrogen-bond donors (Lipinski definition) is 2. The molecule has 11 nitrogen and oxygen atoms in total. The minimum atomic E-state index is -0.607. The van der Waals surface area contributed by atoms with Crippen LogP contribution in [-0.2, 0) is 18.3 Å². The number of nitriles is 1. The molecular weight excluding hydrogens is 526 g/mol. The first kappa shape index (κ1) is 25.2. The van der Waals surface area contributed by atoms with Crippen LogP contribution in [0.3, 0.4) is 0 Å². The van der Waals surface area contributed by atoms with Crippen LogP contribution in [-0.4, -0.2) is 55.3 Å². The number of carbonyl (C=O) groups excluding carboxylic acids is 1. The molecule has 1 amide bonds. The number of aromatic nitrogens is 5.